The van der Waals surface area contributed by atoms with E-state index in [4.69, 9.17) is 16.5 Å². The summed E-state index contributed by atoms with van der Waals surface area (Å²) in [6.07, 6.45) is 2.28. The Balaban J connectivity index is 1.72. The molecule has 3 aromatic carbocycles. The molecule has 140 valence electrons. The Hall–Kier alpha value is -3.31. The van der Waals surface area contributed by atoms with Crippen LogP contribution in [0.1, 0.15) is 24.7 Å². The zero-order valence-electron chi connectivity index (χ0n) is 15.6. The molecule has 0 bridgehead atoms. The van der Waals surface area contributed by atoms with Crippen molar-refractivity contribution in [1.82, 2.24) is 15.3 Å². The summed E-state index contributed by atoms with van der Waals surface area (Å²) in [7, 11) is 0. The molecular formula is C23H23N5. The van der Waals surface area contributed by atoms with E-state index in [1.807, 2.05) is 24.3 Å². The summed E-state index contributed by atoms with van der Waals surface area (Å²) in [5.74, 6) is 1.01. The average molecular weight is 369 g/mol. The molecule has 5 rings (SSSR count). The summed E-state index contributed by atoms with van der Waals surface area (Å²) in [6.45, 7) is 1.04. The summed E-state index contributed by atoms with van der Waals surface area (Å²) in [4.78, 5) is 8.63. The van der Waals surface area contributed by atoms with E-state index in [1.54, 1.807) is 0 Å². The van der Waals surface area contributed by atoms with Gasteiger partial charge in [0.05, 0.1) is 17.1 Å². The fraction of sp³-hybridized carbons (Fsp3) is 0.174. The molecule has 1 fully saturated rings. The fourth-order valence-corrected chi connectivity index (χ4v) is 3.99. The van der Waals surface area contributed by atoms with Gasteiger partial charge in [-0.15, -0.1) is 0 Å². The van der Waals surface area contributed by atoms with Crippen molar-refractivity contribution in [2.24, 2.45) is 0 Å². The number of fused-ring (bicyclic) bond motifs is 1. The Kier molecular flexibility index (Phi) is 4.02. The molecule has 1 saturated heterocycles. The SMILES string of the molecule is Nc1ccc(-c2ccc(-c3ccc(N)cc3)c3[nH]c([C@@H]4CCCN4)nc23)cc1. The predicted molar refractivity (Wildman–Crippen MR) is 116 cm³/mol. The molecule has 5 heteroatoms. The van der Waals surface area contributed by atoms with Gasteiger partial charge in [-0.25, -0.2) is 4.98 Å². The van der Waals surface area contributed by atoms with Gasteiger partial charge >= 0.3 is 0 Å². The van der Waals surface area contributed by atoms with Crippen LogP contribution in [0.5, 0.6) is 0 Å². The first-order valence-electron chi connectivity index (χ1n) is 9.67. The highest BCUT2D eigenvalue weighted by atomic mass is 15.0. The number of nitrogens with zero attached hydrogens (tertiary/aromatic N) is 1. The fourth-order valence-electron chi connectivity index (χ4n) is 3.99. The minimum atomic E-state index is 0.283. The molecule has 0 unspecified atom stereocenters. The number of aromatic nitrogens is 2. The highest BCUT2D eigenvalue weighted by Gasteiger charge is 2.22. The molecule has 1 atom stereocenters. The lowest BCUT2D eigenvalue weighted by molar-refractivity contribution is 0.614. The first kappa shape index (κ1) is 16.8. The molecule has 0 amide bonds. The van der Waals surface area contributed by atoms with Crippen LogP contribution >= 0.6 is 0 Å². The molecular weight excluding hydrogens is 346 g/mol. The molecule has 0 aliphatic carbocycles. The van der Waals surface area contributed by atoms with E-state index in [1.165, 1.54) is 6.42 Å². The number of hydrogen-bond donors (Lipinski definition) is 4. The summed E-state index contributed by atoms with van der Waals surface area (Å²) in [5, 5.41) is 3.54. The molecule has 4 aromatic rings. The van der Waals surface area contributed by atoms with Crippen LogP contribution in [-0.4, -0.2) is 16.5 Å². The number of nitrogens with one attached hydrogen (secondary N) is 2. The molecule has 6 N–H and O–H groups in total. The monoisotopic (exact) mass is 369 g/mol. The quantitative estimate of drug-likeness (QED) is 0.400. The van der Waals surface area contributed by atoms with Crippen LogP contribution < -0.4 is 16.8 Å². The highest BCUT2D eigenvalue weighted by molar-refractivity contribution is 6.01. The van der Waals surface area contributed by atoms with Crippen LogP contribution in [0.4, 0.5) is 11.4 Å². The van der Waals surface area contributed by atoms with E-state index in [2.05, 4.69) is 46.7 Å². The number of H-pyrrole nitrogens is 1. The lowest BCUT2D eigenvalue weighted by Gasteiger charge is -2.08. The number of benzene rings is 3. The Labute approximate surface area is 163 Å². The molecule has 0 spiro atoms. The first-order chi connectivity index (χ1) is 13.7. The third kappa shape index (κ3) is 2.90. The van der Waals surface area contributed by atoms with Gasteiger partial charge in [-0.05, 0) is 54.8 Å². The zero-order chi connectivity index (χ0) is 19.1. The first-order valence-corrected chi connectivity index (χ1v) is 9.67. The van der Waals surface area contributed by atoms with Gasteiger partial charge in [0, 0.05) is 22.5 Å². The normalized spacial score (nSPS) is 16.6. The standard InChI is InChI=1S/C23H23N5/c24-16-7-3-14(4-8-16)18-11-12-19(15-5-9-17(25)10-6-15)22-21(18)27-23(28-22)20-2-1-13-26-20/h3-12,20,26H,1-2,13,24-25H2,(H,27,28)/t20-/m0/s1. The Morgan fingerprint density at radius 1 is 0.786 bits per heavy atom. The van der Waals surface area contributed by atoms with E-state index >= 15 is 0 Å². The third-order valence-electron chi connectivity index (χ3n) is 5.50. The Bertz CT molecular complexity index is 1040. The van der Waals surface area contributed by atoms with E-state index in [9.17, 15) is 0 Å². The molecule has 1 aliphatic heterocycles. The highest BCUT2D eigenvalue weighted by Crippen LogP contribution is 2.36. The van der Waals surface area contributed by atoms with Crippen molar-refractivity contribution >= 4 is 22.4 Å². The van der Waals surface area contributed by atoms with Gasteiger partial charge in [0.2, 0.25) is 0 Å². The van der Waals surface area contributed by atoms with Crippen molar-refractivity contribution in [1.29, 1.82) is 0 Å². The van der Waals surface area contributed by atoms with Crippen LogP contribution in [0.25, 0.3) is 33.3 Å². The number of imidazole rings is 1. The summed E-state index contributed by atoms with van der Waals surface area (Å²) in [5.41, 5.74) is 19.8. The second kappa shape index (κ2) is 6.69. The third-order valence-corrected chi connectivity index (χ3v) is 5.50. The van der Waals surface area contributed by atoms with E-state index in [0.717, 1.165) is 63.5 Å². The summed E-state index contributed by atoms with van der Waals surface area (Å²) < 4.78 is 0. The van der Waals surface area contributed by atoms with Crippen molar-refractivity contribution in [2.45, 2.75) is 18.9 Å². The van der Waals surface area contributed by atoms with E-state index < -0.39 is 0 Å². The van der Waals surface area contributed by atoms with Gasteiger partial charge in [0.25, 0.3) is 0 Å². The van der Waals surface area contributed by atoms with Crippen LogP contribution in [0, 0.1) is 0 Å². The predicted octanol–water partition coefficient (Wildman–Crippen LogP) is 4.49. The molecule has 0 radical (unpaired) electrons. The largest absolute Gasteiger partial charge is 0.399 e. The number of nitrogens with two attached hydrogens (primary N) is 2. The minimum Gasteiger partial charge on any atom is -0.399 e. The van der Waals surface area contributed by atoms with Gasteiger partial charge < -0.3 is 21.8 Å². The smallest absolute Gasteiger partial charge is 0.124 e. The number of anilines is 2. The number of nitrogen functional groups attached to an aromatic ring is 2. The molecule has 5 nitrogen and oxygen atoms in total. The second-order valence-corrected chi connectivity index (χ2v) is 7.40. The van der Waals surface area contributed by atoms with Crippen molar-refractivity contribution < 1.29 is 0 Å². The molecule has 1 aliphatic rings. The van der Waals surface area contributed by atoms with Crippen LogP contribution in [-0.2, 0) is 0 Å². The molecule has 0 saturated carbocycles. The lowest BCUT2D eigenvalue weighted by Crippen LogP contribution is -2.14. The lowest BCUT2D eigenvalue weighted by atomic mass is 9.97. The molecule has 28 heavy (non-hydrogen) atoms. The van der Waals surface area contributed by atoms with Crippen LogP contribution in [0.3, 0.4) is 0 Å². The minimum absolute atomic E-state index is 0.283. The van der Waals surface area contributed by atoms with Gasteiger partial charge in [-0.2, -0.15) is 0 Å². The maximum atomic E-state index is 5.88. The van der Waals surface area contributed by atoms with Gasteiger partial charge in [0.15, 0.2) is 0 Å². The maximum Gasteiger partial charge on any atom is 0.124 e. The Morgan fingerprint density at radius 3 is 2.00 bits per heavy atom. The Morgan fingerprint density at radius 2 is 1.39 bits per heavy atom. The summed E-state index contributed by atoms with van der Waals surface area (Å²) in [6, 6.07) is 20.5. The number of hydrogen-bond acceptors (Lipinski definition) is 4. The maximum absolute atomic E-state index is 5.88. The van der Waals surface area contributed by atoms with Crippen molar-refractivity contribution in [2.75, 3.05) is 18.0 Å². The van der Waals surface area contributed by atoms with Crippen LogP contribution in [0.2, 0.25) is 0 Å². The average Bonchev–Trinajstić information content (AvgIpc) is 3.39. The van der Waals surface area contributed by atoms with Crippen molar-refractivity contribution in [3.63, 3.8) is 0 Å². The number of aromatic amines is 1. The summed E-state index contributed by atoms with van der Waals surface area (Å²) >= 11 is 0. The van der Waals surface area contributed by atoms with Gasteiger partial charge in [-0.3, -0.25) is 0 Å². The zero-order valence-corrected chi connectivity index (χ0v) is 15.6. The topological polar surface area (TPSA) is 92.8 Å². The molecule has 2 heterocycles. The second-order valence-electron chi connectivity index (χ2n) is 7.40. The van der Waals surface area contributed by atoms with Gasteiger partial charge in [0.1, 0.15) is 5.82 Å². The van der Waals surface area contributed by atoms with Crippen LogP contribution in [0.15, 0.2) is 60.7 Å². The van der Waals surface area contributed by atoms with Crippen molar-refractivity contribution in [3.05, 3.63) is 66.5 Å². The van der Waals surface area contributed by atoms with Gasteiger partial charge in [-0.1, -0.05) is 36.4 Å². The molecule has 1 aromatic heterocycles. The van der Waals surface area contributed by atoms with E-state index in [-0.39, 0.29) is 6.04 Å². The number of rotatable bonds is 3. The van der Waals surface area contributed by atoms with E-state index in [0.29, 0.717) is 0 Å². The van der Waals surface area contributed by atoms with Crippen molar-refractivity contribution in [3.8, 4) is 22.3 Å².